The normalized spacial score (nSPS) is 11.9. The van der Waals surface area contributed by atoms with Crippen molar-refractivity contribution in [3.63, 3.8) is 0 Å². The maximum absolute atomic E-state index is 10.6. The predicted octanol–water partition coefficient (Wildman–Crippen LogP) is 4.58. The van der Waals surface area contributed by atoms with E-state index in [4.69, 9.17) is 15.2 Å². The summed E-state index contributed by atoms with van der Waals surface area (Å²) >= 11 is 3.46. The Hall–Kier alpha value is -1.85. The second-order valence-electron chi connectivity index (χ2n) is 5.15. The van der Waals surface area contributed by atoms with Crippen LogP contribution in [0.1, 0.15) is 30.1 Å². The molecular weight excluding hydrogens is 358 g/mol. The van der Waals surface area contributed by atoms with Crippen molar-refractivity contribution < 1.29 is 14.3 Å². The van der Waals surface area contributed by atoms with Gasteiger partial charge in [0.05, 0.1) is 19.3 Å². The lowest BCUT2D eigenvalue weighted by Crippen LogP contribution is -2.14. The van der Waals surface area contributed by atoms with Crippen molar-refractivity contribution in [2.75, 3.05) is 6.61 Å². The van der Waals surface area contributed by atoms with Gasteiger partial charge >= 0.3 is 6.09 Å². The first kappa shape index (κ1) is 17.5. The third-order valence-corrected chi connectivity index (χ3v) is 3.86. The lowest BCUT2D eigenvalue weighted by atomic mass is 10.0. The van der Waals surface area contributed by atoms with E-state index in [1.807, 2.05) is 54.6 Å². The Kier molecular flexibility index (Phi) is 7.10. The van der Waals surface area contributed by atoms with Crippen molar-refractivity contribution in [1.29, 1.82) is 0 Å². The molecule has 0 aliphatic rings. The van der Waals surface area contributed by atoms with Crippen LogP contribution in [0.5, 0.6) is 0 Å². The summed E-state index contributed by atoms with van der Waals surface area (Å²) in [6, 6.07) is 18.1. The maximum atomic E-state index is 10.6. The average molecular weight is 378 g/mol. The zero-order valence-corrected chi connectivity index (χ0v) is 14.4. The summed E-state index contributed by atoms with van der Waals surface area (Å²) in [5, 5.41) is 0. The van der Waals surface area contributed by atoms with Crippen LogP contribution in [-0.4, -0.2) is 12.7 Å². The minimum atomic E-state index is -0.740. The molecule has 0 spiro atoms. The van der Waals surface area contributed by atoms with Gasteiger partial charge in [0.1, 0.15) is 0 Å². The van der Waals surface area contributed by atoms with Gasteiger partial charge < -0.3 is 15.2 Å². The van der Waals surface area contributed by atoms with E-state index in [2.05, 4.69) is 15.9 Å². The highest BCUT2D eigenvalue weighted by Gasteiger charge is 2.12. The molecule has 0 fully saturated rings. The fourth-order valence-electron chi connectivity index (χ4n) is 2.28. The highest BCUT2D eigenvalue weighted by atomic mass is 79.9. The van der Waals surface area contributed by atoms with E-state index >= 15 is 0 Å². The fourth-order valence-corrected chi connectivity index (χ4v) is 2.73. The monoisotopic (exact) mass is 377 g/mol. The van der Waals surface area contributed by atoms with Gasteiger partial charge in [-0.25, -0.2) is 4.79 Å². The molecule has 2 aromatic rings. The number of nitrogens with two attached hydrogens (primary N) is 1. The van der Waals surface area contributed by atoms with Crippen molar-refractivity contribution in [2.45, 2.75) is 25.6 Å². The number of ether oxygens (including phenoxy) is 2. The molecule has 5 heteroatoms. The molecule has 0 radical (unpaired) electrons. The number of carbonyl (C=O) groups is 1. The lowest BCUT2D eigenvalue weighted by molar-refractivity contribution is 0.0287. The number of amides is 1. The molecule has 0 bridgehead atoms. The summed E-state index contributed by atoms with van der Waals surface area (Å²) in [5.41, 5.74) is 7.19. The van der Waals surface area contributed by atoms with Gasteiger partial charge in [-0.05, 0) is 36.1 Å². The first-order valence-corrected chi connectivity index (χ1v) is 8.27. The van der Waals surface area contributed by atoms with Crippen LogP contribution in [0.3, 0.4) is 0 Å². The number of carbonyl (C=O) groups excluding carboxylic acids is 1. The van der Waals surface area contributed by atoms with Gasteiger partial charge in [-0.1, -0.05) is 58.4 Å². The van der Waals surface area contributed by atoms with E-state index in [0.29, 0.717) is 19.6 Å². The van der Waals surface area contributed by atoms with Crippen LogP contribution >= 0.6 is 15.9 Å². The van der Waals surface area contributed by atoms with Crippen molar-refractivity contribution >= 4 is 22.0 Å². The van der Waals surface area contributed by atoms with E-state index in [9.17, 15) is 4.79 Å². The van der Waals surface area contributed by atoms with Crippen LogP contribution in [-0.2, 0) is 16.1 Å². The average Bonchev–Trinajstić information content (AvgIpc) is 2.55. The second kappa shape index (κ2) is 9.33. The summed E-state index contributed by atoms with van der Waals surface area (Å²) in [6.07, 6.45) is 0.662. The second-order valence-corrected chi connectivity index (χ2v) is 6.07. The number of benzene rings is 2. The number of rotatable bonds is 8. The Morgan fingerprint density at radius 2 is 1.91 bits per heavy atom. The smallest absolute Gasteiger partial charge is 0.404 e. The molecule has 23 heavy (non-hydrogen) atoms. The third-order valence-electron chi connectivity index (χ3n) is 3.37. The molecule has 2 rings (SSSR count). The SMILES string of the molecule is NC(=O)OCCCC(OCc1cccc(Br)c1)c1ccccc1. The van der Waals surface area contributed by atoms with Crippen molar-refractivity contribution in [2.24, 2.45) is 5.73 Å². The quantitative estimate of drug-likeness (QED) is 0.684. The van der Waals surface area contributed by atoms with Gasteiger partial charge in [0.2, 0.25) is 0 Å². The number of hydrogen-bond donors (Lipinski definition) is 1. The number of primary amides is 1. The molecule has 0 aliphatic carbocycles. The third kappa shape index (κ3) is 6.42. The fraction of sp³-hybridized carbons (Fsp3) is 0.278. The van der Waals surface area contributed by atoms with Gasteiger partial charge in [-0.15, -0.1) is 0 Å². The summed E-state index contributed by atoms with van der Waals surface area (Å²) < 4.78 is 11.9. The Labute approximate surface area is 144 Å². The number of halogens is 1. The van der Waals surface area contributed by atoms with Crippen molar-refractivity contribution in [1.82, 2.24) is 0 Å². The molecule has 2 aromatic carbocycles. The molecule has 0 saturated carbocycles. The van der Waals surface area contributed by atoms with E-state index < -0.39 is 6.09 Å². The highest BCUT2D eigenvalue weighted by molar-refractivity contribution is 9.10. The number of hydrogen-bond acceptors (Lipinski definition) is 3. The Bertz CT molecular complexity index is 619. The van der Waals surface area contributed by atoms with E-state index in [1.54, 1.807) is 0 Å². The summed E-state index contributed by atoms with van der Waals surface area (Å²) in [4.78, 5) is 10.6. The Morgan fingerprint density at radius 1 is 1.13 bits per heavy atom. The van der Waals surface area contributed by atoms with E-state index in [0.717, 1.165) is 22.0 Å². The molecule has 122 valence electrons. The van der Waals surface area contributed by atoms with E-state index in [-0.39, 0.29) is 6.10 Å². The molecule has 0 aromatic heterocycles. The van der Waals surface area contributed by atoms with Crippen molar-refractivity contribution in [3.8, 4) is 0 Å². The van der Waals surface area contributed by atoms with Crippen LogP contribution in [0.4, 0.5) is 4.79 Å². The molecule has 1 amide bonds. The van der Waals surface area contributed by atoms with Crippen molar-refractivity contribution in [3.05, 3.63) is 70.2 Å². The van der Waals surface area contributed by atoms with Crippen LogP contribution in [0.15, 0.2) is 59.1 Å². The maximum Gasteiger partial charge on any atom is 0.404 e. The van der Waals surface area contributed by atoms with Crippen LogP contribution in [0.2, 0.25) is 0 Å². The minimum Gasteiger partial charge on any atom is -0.450 e. The summed E-state index contributed by atoms with van der Waals surface area (Å²) in [5.74, 6) is 0. The molecule has 0 heterocycles. The first-order chi connectivity index (χ1) is 11.1. The van der Waals surface area contributed by atoms with Gasteiger partial charge in [-0.2, -0.15) is 0 Å². The van der Waals surface area contributed by atoms with Gasteiger partial charge in [0, 0.05) is 4.47 Å². The summed E-state index contributed by atoms with van der Waals surface area (Å²) in [6.45, 7) is 0.828. The molecule has 0 saturated heterocycles. The van der Waals surface area contributed by atoms with Crippen LogP contribution in [0, 0.1) is 0 Å². The standard InChI is InChI=1S/C18H20BrNO3/c19-16-9-4-6-14(12-16)13-23-17(10-5-11-22-18(20)21)15-7-2-1-3-8-15/h1-4,6-9,12,17H,5,10-11,13H2,(H2,20,21). The minimum absolute atomic E-state index is 0.0494. The topological polar surface area (TPSA) is 61.6 Å². The highest BCUT2D eigenvalue weighted by Crippen LogP contribution is 2.24. The molecule has 1 atom stereocenters. The molecular formula is C18H20BrNO3. The largest absolute Gasteiger partial charge is 0.450 e. The molecule has 0 aliphatic heterocycles. The van der Waals surface area contributed by atoms with Gasteiger partial charge in [0.15, 0.2) is 0 Å². The van der Waals surface area contributed by atoms with Gasteiger partial charge in [0.25, 0.3) is 0 Å². The predicted molar refractivity (Wildman–Crippen MR) is 92.9 cm³/mol. The summed E-state index contributed by atoms with van der Waals surface area (Å²) in [7, 11) is 0. The first-order valence-electron chi connectivity index (χ1n) is 7.48. The van der Waals surface area contributed by atoms with Gasteiger partial charge in [-0.3, -0.25) is 0 Å². The van der Waals surface area contributed by atoms with Crippen LogP contribution in [0.25, 0.3) is 0 Å². The zero-order valence-electron chi connectivity index (χ0n) is 12.8. The van der Waals surface area contributed by atoms with Crippen LogP contribution < -0.4 is 5.73 Å². The Morgan fingerprint density at radius 3 is 2.61 bits per heavy atom. The lowest BCUT2D eigenvalue weighted by Gasteiger charge is -2.18. The molecule has 4 nitrogen and oxygen atoms in total. The Balaban J connectivity index is 1.94. The van der Waals surface area contributed by atoms with E-state index in [1.165, 1.54) is 0 Å². The molecule has 1 unspecified atom stereocenters. The molecule has 2 N–H and O–H groups in total. The zero-order chi connectivity index (χ0) is 16.5.